The van der Waals surface area contributed by atoms with Crippen LogP contribution in [0.25, 0.3) is 0 Å². The summed E-state index contributed by atoms with van der Waals surface area (Å²) in [5.41, 5.74) is 0. The summed E-state index contributed by atoms with van der Waals surface area (Å²) in [6.07, 6.45) is 3.93. The first-order valence-electron chi connectivity index (χ1n) is 6.83. The molecular formula is C13H24N2O4. The number of carboxylic acid groups (broad SMARTS) is 1. The van der Waals surface area contributed by atoms with Crippen molar-refractivity contribution in [2.24, 2.45) is 5.92 Å². The molecule has 1 aliphatic rings. The summed E-state index contributed by atoms with van der Waals surface area (Å²) >= 11 is 0. The Balaban J connectivity index is 2.49. The molecule has 1 saturated carbocycles. The van der Waals surface area contributed by atoms with Crippen LogP contribution in [0, 0.1) is 5.92 Å². The minimum absolute atomic E-state index is 0.0574. The highest BCUT2D eigenvalue weighted by atomic mass is 16.5. The first-order chi connectivity index (χ1) is 9.06. The van der Waals surface area contributed by atoms with Crippen molar-refractivity contribution in [3.05, 3.63) is 0 Å². The maximum absolute atomic E-state index is 12.1. The van der Waals surface area contributed by atoms with Crippen molar-refractivity contribution < 1.29 is 19.4 Å². The van der Waals surface area contributed by atoms with Crippen molar-refractivity contribution in [2.75, 3.05) is 26.8 Å². The summed E-state index contributed by atoms with van der Waals surface area (Å²) < 4.78 is 5.06. The minimum Gasteiger partial charge on any atom is -0.480 e. The van der Waals surface area contributed by atoms with Crippen molar-refractivity contribution in [2.45, 2.75) is 38.6 Å². The number of carbonyl (C=O) groups excluding carboxylic acids is 1. The number of ether oxygens (including phenoxy) is 1. The zero-order valence-electron chi connectivity index (χ0n) is 11.7. The number of urea groups is 1. The molecule has 0 aliphatic heterocycles. The SMILES string of the molecule is CCCC(COC)NC(=O)N(CC(=O)O)CC1CC1. The van der Waals surface area contributed by atoms with Crippen LogP contribution in [0.3, 0.4) is 0 Å². The number of hydrogen-bond donors (Lipinski definition) is 2. The number of hydrogen-bond acceptors (Lipinski definition) is 3. The Labute approximate surface area is 114 Å². The number of nitrogens with one attached hydrogen (secondary N) is 1. The maximum Gasteiger partial charge on any atom is 0.323 e. The van der Waals surface area contributed by atoms with E-state index in [-0.39, 0.29) is 18.6 Å². The van der Waals surface area contributed by atoms with E-state index >= 15 is 0 Å². The molecule has 0 aromatic carbocycles. The molecule has 19 heavy (non-hydrogen) atoms. The van der Waals surface area contributed by atoms with Gasteiger partial charge in [-0.3, -0.25) is 4.79 Å². The number of methoxy groups -OCH3 is 1. The lowest BCUT2D eigenvalue weighted by Crippen LogP contribution is -2.48. The Morgan fingerprint density at radius 1 is 1.47 bits per heavy atom. The topological polar surface area (TPSA) is 78.9 Å². The van der Waals surface area contributed by atoms with Crippen LogP contribution >= 0.6 is 0 Å². The molecule has 1 aliphatic carbocycles. The van der Waals surface area contributed by atoms with Gasteiger partial charge in [-0.25, -0.2) is 4.79 Å². The van der Waals surface area contributed by atoms with Crippen LogP contribution in [0.15, 0.2) is 0 Å². The second-order valence-corrected chi connectivity index (χ2v) is 5.11. The number of carboxylic acids is 1. The number of aliphatic carboxylic acids is 1. The van der Waals surface area contributed by atoms with Crippen LogP contribution in [-0.4, -0.2) is 54.9 Å². The summed E-state index contributed by atoms with van der Waals surface area (Å²) in [5, 5.41) is 11.7. The second-order valence-electron chi connectivity index (χ2n) is 5.11. The quantitative estimate of drug-likeness (QED) is 0.663. The standard InChI is InChI=1S/C13H24N2O4/c1-3-4-11(9-19-2)14-13(18)15(8-12(16)17)7-10-5-6-10/h10-11H,3-9H2,1-2H3,(H,14,18)(H,16,17). The van der Waals surface area contributed by atoms with Crippen molar-refractivity contribution in [1.29, 1.82) is 0 Å². The Kier molecular flexibility index (Phi) is 6.62. The minimum atomic E-state index is -0.977. The maximum atomic E-state index is 12.1. The Morgan fingerprint density at radius 2 is 2.16 bits per heavy atom. The van der Waals surface area contributed by atoms with Gasteiger partial charge in [0.25, 0.3) is 0 Å². The lowest BCUT2D eigenvalue weighted by Gasteiger charge is -2.25. The fraction of sp³-hybridized carbons (Fsp3) is 0.846. The summed E-state index contributed by atoms with van der Waals surface area (Å²) in [7, 11) is 1.59. The van der Waals surface area contributed by atoms with Gasteiger partial charge >= 0.3 is 12.0 Å². The third-order valence-electron chi connectivity index (χ3n) is 3.12. The monoisotopic (exact) mass is 272 g/mol. The molecule has 2 amide bonds. The van der Waals surface area contributed by atoms with Gasteiger partial charge in [0.05, 0.1) is 12.6 Å². The van der Waals surface area contributed by atoms with Gasteiger partial charge in [-0.05, 0) is 25.2 Å². The van der Waals surface area contributed by atoms with Gasteiger partial charge < -0.3 is 20.1 Å². The number of nitrogens with zero attached hydrogens (tertiary/aromatic N) is 1. The van der Waals surface area contributed by atoms with E-state index in [0.29, 0.717) is 19.1 Å². The molecule has 0 spiro atoms. The molecule has 1 fully saturated rings. The van der Waals surface area contributed by atoms with E-state index in [2.05, 4.69) is 5.32 Å². The van der Waals surface area contributed by atoms with Crippen LogP contribution in [0.2, 0.25) is 0 Å². The van der Waals surface area contributed by atoms with E-state index in [9.17, 15) is 9.59 Å². The van der Waals surface area contributed by atoms with Crippen LogP contribution in [0.1, 0.15) is 32.6 Å². The molecule has 0 radical (unpaired) electrons. The largest absolute Gasteiger partial charge is 0.480 e. The van der Waals surface area contributed by atoms with E-state index in [1.165, 1.54) is 4.90 Å². The van der Waals surface area contributed by atoms with E-state index < -0.39 is 5.97 Å². The molecule has 0 bridgehead atoms. The fourth-order valence-corrected chi connectivity index (χ4v) is 2.01. The molecule has 110 valence electrons. The Morgan fingerprint density at radius 3 is 2.63 bits per heavy atom. The molecule has 1 rings (SSSR count). The smallest absolute Gasteiger partial charge is 0.323 e. The summed E-state index contributed by atoms with van der Waals surface area (Å²) in [6.45, 7) is 2.77. The fourth-order valence-electron chi connectivity index (χ4n) is 2.01. The highest BCUT2D eigenvalue weighted by Crippen LogP contribution is 2.29. The van der Waals surface area contributed by atoms with E-state index in [1.54, 1.807) is 7.11 Å². The zero-order chi connectivity index (χ0) is 14.3. The Bertz CT molecular complexity index is 299. The third-order valence-corrected chi connectivity index (χ3v) is 3.12. The van der Waals surface area contributed by atoms with Gasteiger partial charge in [0.2, 0.25) is 0 Å². The van der Waals surface area contributed by atoms with E-state index in [1.807, 2.05) is 6.92 Å². The van der Waals surface area contributed by atoms with Crippen LogP contribution < -0.4 is 5.32 Å². The second kappa shape index (κ2) is 7.99. The average Bonchev–Trinajstić information content (AvgIpc) is 3.12. The van der Waals surface area contributed by atoms with E-state index in [4.69, 9.17) is 9.84 Å². The molecule has 6 heteroatoms. The van der Waals surface area contributed by atoms with Crippen molar-refractivity contribution >= 4 is 12.0 Å². The molecule has 2 N–H and O–H groups in total. The lowest BCUT2D eigenvalue weighted by atomic mass is 10.2. The van der Waals surface area contributed by atoms with E-state index in [0.717, 1.165) is 25.7 Å². The predicted molar refractivity (Wildman–Crippen MR) is 71.0 cm³/mol. The van der Waals surface area contributed by atoms with Gasteiger partial charge in [-0.1, -0.05) is 13.3 Å². The van der Waals surface area contributed by atoms with Gasteiger partial charge in [-0.2, -0.15) is 0 Å². The average molecular weight is 272 g/mol. The molecule has 0 heterocycles. The normalized spacial score (nSPS) is 15.9. The van der Waals surface area contributed by atoms with Gasteiger partial charge in [-0.15, -0.1) is 0 Å². The van der Waals surface area contributed by atoms with Crippen LogP contribution in [0.5, 0.6) is 0 Å². The van der Waals surface area contributed by atoms with Crippen LogP contribution in [0.4, 0.5) is 4.79 Å². The number of carbonyl (C=O) groups is 2. The molecule has 0 saturated heterocycles. The number of rotatable bonds is 9. The highest BCUT2D eigenvalue weighted by Gasteiger charge is 2.28. The molecule has 6 nitrogen and oxygen atoms in total. The van der Waals surface area contributed by atoms with Crippen LogP contribution in [-0.2, 0) is 9.53 Å². The van der Waals surface area contributed by atoms with Gasteiger partial charge in [0, 0.05) is 13.7 Å². The summed E-state index contributed by atoms with van der Waals surface area (Å²) in [4.78, 5) is 24.3. The first kappa shape index (κ1) is 15.8. The summed E-state index contributed by atoms with van der Waals surface area (Å²) in [5.74, 6) is -0.508. The molecular weight excluding hydrogens is 248 g/mol. The first-order valence-corrected chi connectivity index (χ1v) is 6.83. The molecule has 1 atom stereocenters. The van der Waals surface area contributed by atoms with Gasteiger partial charge in [0.15, 0.2) is 0 Å². The predicted octanol–water partition coefficient (Wildman–Crippen LogP) is 1.31. The van der Waals surface area contributed by atoms with Crippen molar-refractivity contribution in [3.63, 3.8) is 0 Å². The summed E-state index contributed by atoms with van der Waals surface area (Å²) in [6, 6.07) is -0.359. The molecule has 0 aromatic heterocycles. The van der Waals surface area contributed by atoms with Crippen molar-refractivity contribution in [1.82, 2.24) is 10.2 Å². The molecule has 0 aromatic rings. The van der Waals surface area contributed by atoms with Crippen molar-refractivity contribution in [3.8, 4) is 0 Å². The Hall–Kier alpha value is -1.30. The zero-order valence-corrected chi connectivity index (χ0v) is 11.7. The third kappa shape index (κ3) is 6.42. The van der Waals surface area contributed by atoms with Gasteiger partial charge in [0.1, 0.15) is 6.54 Å². The number of amides is 2. The lowest BCUT2D eigenvalue weighted by molar-refractivity contribution is -0.137. The highest BCUT2D eigenvalue weighted by molar-refractivity contribution is 5.80. The molecule has 1 unspecified atom stereocenters.